The van der Waals surface area contributed by atoms with Gasteiger partial charge in [-0.2, -0.15) is 0 Å². The highest BCUT2D eigenvalue weighted by molar-refractivity contribution is 6.31. The Balaban J connectivity index is 2.57. The van der Waals surface area contributed by atoms with Crippen molar-refractivity contribution in [2.24, 2.45) is 0 Å². The molecule has 0 saturated carbocycles. The summed E-state index contributed by atoms with van der Waals surface area (Å²) in [6.45, 7) is 0. The van der Waals surface area contributed by atoms with Crippen LogP contribution in [0.15, 0.2) is 36.5 Å². The van der Waals surface area contributed by atoms with Gasteiger partial charge in [-0.05, 0) is 30.3 Å². The molecule has 0 radical (unpaired) electrons. The first kappa shape index (κ1) is 12.4. The predicted molar refractivity (Wildman–Crippen MR) is 68.2 cm³/mol. The van der Waals surface area contributed by atoms with Crippen molar-refractivity contribution >= 4 is 17.6 Å². The zero-order valence-electron chi connectivity index (χ0n) is 9.55. The molecule has 0 aliphatic heterocycles. The molecule has 0 unspecified atom stereocenters. The summed E-state index contributed by atoms with van der Waals surface area (Å²) in [4.78, 5) is 15.1. The average molecular weight is 264 g/mol. The molecule has 2 aromatic rings. The highest BCUT2D eigenvalue weighted by atomic mass is 35.5. The maximum atomic E-state index is 10.9. The second-order valence-corrected chi connectivity index (χ2v) is 4.02. The van der Waals surface area contributed by atoms with Gasteiger partial charge in [0.25, 0.3) is 0 Å². The van der Waals surface area contributed by atoms with Crippen LogP contribution in [0.3, 0.4) is 0 Å². The van der Waals surface area contributed by atoms with Crippen LogP contribution in [0, 0.1) is 0 Å². The lowest BCUT2D eigenvalue weighted by molar-refractivity contribution is 0.0697. The summed E-state index contributed by atoms with van der Waals surface area (Å²) >= 11 is 5.93. The van der Waals surface area contributed by atoms with E-state index in [1.165, 1.54) is 25.4 Å². The molecular formula is C13H10ClNO3. The van der Waals surface area contributed by atoms with Crippen LogP contribution in [0.5, 0.6) is 5.75 Å². The first-order valence-corrected chi connectivity index (χ1v) is 5.53. The van der Waals surface area contributed by atoms with Crippen LogP contribution in [0.1, 0.15) is 10.4 Å². The Morgan fingerprint density at radius 1 is 1.33 bits per heavy atom. The zero-order chi connectivity index (χ0) is 13.1. The van der Waals surface area contributed by atoms with Crippen molar-refractivity contribution in [3.05, 3.63) is 47.1 Å². The summed E-state index contributed by atoms with van der Waals surface area (Å²) in [7, 11) is 1.54. The number of pyridine rings is 1. The lowest BCUT2D eigenvalue weighted by Gasteiger charge is -2.08. The quantitative estimate of drug-likeness (QED) is 0.924. The van der Waals surface area contributed by atoms with E-state index in [1.54, 1.807) is 18.2 Å². The number of hydrogen-bond donors (Lipinski definition) is 1. The van der Waals surface area contributed by atoms with Gasteiger partial charge in [0.1, 0.15) is 5.75 Å². The molecule has 2 rings (SSSR count). The molecule has 0 atom stereocenters. The van der Waals surface area contributed by atoms with E-state index in [1.807, 2.05) is 0 Å². The van der Waals surface area contributed by atoms with Crippen LogP contribution in [0.2, 0.25) is 5.02 Å². The molecule has 0 aliphatic rings. The smallest absolute Gasteiger partial charge is 0.335 e. The normalized spacial score (nSPS) is 10.1. The van der Waals surface area contributed by atoms with Gasteiger partial charge in [0.2, 0.25) is 0 Å². The van der Waals surface area contributed by atoms with Crippen LogP contribution >= 0.6 is 11.6 Å². The lowest BCUT2D eigenvalue weighted by Crippen LogP contribution is -1.98. The Labute approximate surface area is 109 Å². The largest absolute Gasteiger partial charge is 0.496 e. The van der Waals surface area contributed by atoms with Crippen molar-refractivity contribution < 1.29 is 14.6 Å². The topological polar surface area (TPSA) is 59.4 Å². The van der Waals surface area contributed by atoms with Gasteiger partial charge in [-0.3, -0.25) is 4.98 Å². The molecule has 0 bridgehead atoms. The van der Waals surface area contributed by atoms with Crippen LogP contribution in [0.4, 0.5) is 0 Å². The highest BCUT2D eigenvalue weighted by Crippen LogP contribution is 2.31. The Morgan fingerprint density at radius 2 is 2.11 bits per heavy atom. The summed E-state index contributed by atoms with van der Waals surface area (Å²) in [5, 5.41) is 9.49. The molecule has 1 aromatic carbocycles. The van der Waals surface area contributed by atoms with Crippen molar-refractivity contribution in [2.75, 3.05) is 7.11 Å². The molecule has 92 valence electrons. The number of carbonyl (C=O) groups is 1. The number of aromatic carboxylic acids is 1. The Hall–Kier alpha value is -2.07. The van der Waals surface area contributed by atoms with Crippen molar-refractivity contribution in [3.8, 4) is 17.0 Å². The summed E-state index contributed by atoms with van der Waals surface area (Å²) in [5.74, 6) is -0.408. The minimum absolute atomic E-state index is 0.169. The molecule has 0 amide bonds. The predicted octanol–water partition coefficient (Wildman–Crippen LogP) is 3.11. The minimum Gasteiger partial charge on any atom is -0.496 e. The molecule has 4 nitrogen and oxygen atoms in total. The number of benzene rings is 1. The number of rotatable bonds is 3. The zero-order valence-corrected chi connectivity index (χ0v) is 10.3. The summed E-state index contributed by atoms with van der Waals surface area (Å²) in [6.07, 6.45) is 1.44. The van der Waals surface area contributed by atoms with E-state index >= 15 is 0 Å². The molecule has 0 aliphatic carbocycles. The maximum absolute atomic E-state index is 10.9. The van der Waals surface area contributed by atoms with Crippen molar-refractivity contribution in [3.63, 3.8) is 0 Å². The van der Waals surface area contributed by atoms with Crippen molar-refractivity contribution in [1.29, 1.82) is 0 Å². The molecule has 1 N–H and O–H groups in total. The van der Waals surface area contributed by atoms with E-state index in [0.717, 1.165) is 0 Å². The standard InChI is InChI=1S/C13H10ClNO3/c1-18-12-3-2-9(14)7-10(12)11-6-8(13(16)17)4-5-15-11/h2-7H,1H3,(H,16,17). The van der Waals surface area contributed by atoms with E-state index in [0.29, 0.717) is 22.0 Å². The van der Waals surface area contributed by atoms with Gasteiger partial charge in [0.05, 0.1) is 18.4 Å². The number of methoxy groups -OCH3 is 1. The third kappa shape index (κ3) is 2.43. The monoisotopic (exact) mass is 263 g/mol. The number of nitrogens with zero attached hydrogens (tertiary/aromatic N) is 1. The lowest BCUT2D eigenvalue weighted by atomic mass is 10.1. The van der Waals surface area contributed by atoms with Crippen LogP contribution in [0.25, 0.3) is 11.3 Å². The minimum atomic E-state index is -1.00. The fourth-order valence-electron chi connectivity index (χ4n) is 1.59. The van der Waals surface area contributed by atoms with Gasteiger partial charge < -0.3 is 9.84 Å². The van der Waals surface area contributed by atoms with Gasteiger partial charge in [-0.15, -0.1) is 0 Å². The molecule has 1 aromatic heterocycles. The third-order valence-electron chi connectivity index (χ3n) is 2.44. The van der Waals surface area contributed by atoms with Crippen LogP contribution in [-0.4, -0.2) is 23.2 Å². The SMILES string of the molecule is COc1ccc(Cl)cc1-c1cc(C(=O)O)ccn1. The molecule has 1 heterocycles. The van der Waals surface area contributed by atoms with E-state index in [-0.39, 0.29) is 5.56 Å². The fourth-order valence-corrected chi connectivity index (χ4v) is 1.76. The molecule has 0 saturated heterocycles. The number of hydrogen-bond acceptors (Lipinski definition) is 3. The number of carboxylic acid groups (broad SMARTS) is 1. The Kier molecular flexibility index (Phi) is 3.48. The third-order valence-corrected chi connectivity index (χ3v) is 2.68. The maximum Gasteiger partial charge on any atom is 0.335 e. The van der Waals surface area contributed by atoms with Crippen LogP contribution < -0.4 is 4.74 Å². The number of aromatic nitrogens is 1. The van der Waals surface area contributed by atoms with E-state index in [4.69, 9.17) is 21.4 Å². The first-order valence-electron chi connectivity index (χ1n) is 5.15. The van der Waals surface area contributed by atoms with Crippen LogP contribution in [-0.2, 0) is 0 Å². The molecule has 18 heavy (non-hydrogen) atoms. The average Bonchev–Trinajstić information content (AvgIpc) is 2.39. The van der Waals surface area contributed by atoms with Crippen molar-refractivity contribution in [2.45, 2.75) is 0 Å². The molecule has 5 heteroatoms. The highest BCUT2D eigenvalue weighted by Gasteiger charge is 2.10. The number of ether oxygens (including phenoxy) is 1. The van der Waals surface area contributed by atoms with Crippen molar-refractivity contribution in [1.82, 2.24) is 4.98 Å². The van der Waals surface area contributed by atoms with Gasteiger partial charge in [0.15, 0.2) is 0 Å². The summed E-state index contributed by atoms with van der Waals surface area (Å²) in [6, 6.07) is 8.02. The van der Waals surface area contributed by atoms with E-state index in [2.05, 4.69) is 4.98 Å². The van der Waals surface area contributed by atoms with Gasteiger partial charge in [-0.1, -0.05) is 11.6 Å². The Bertz CT molecular complexity index is 599. The fraction of sp³-hybridized carbons (Fsp3) is 0.0769. The second kappa shape index (κ2) is 5.06. The molecular weight excluding hydrogens is 254 g/mol. The first-order chi connectivity index (χ1) is 8.61. The second-order valence-electron chi connectivity index (χ2n) is 3.58. The summed E-state index contributed by atoms with van der Waals surface area (Å²) in [5.41, 5.74) is 1.34. The van der Waals surface area contributed by atoms with E-state index < -0.39 is 5.97 Å². The number of halogens is 1. The van der Waals surface area contributed by atoms with Gasteiger partial charge in [-0.25, -0.2) is 4.79 Å². The Morgan fingerprint density at radius 3 is 2.78 bits per heavy atom. The molecule has 0 fully saturated rings. The number of carboxylic acids is 1. The van der Waals surface area contributed by atoms with Gasteiger partial charge in [0, 0.05) is 16.8 Å². The summed E-state index contributed by atoms with van der Waals surface area (Å²) < 4.78 is 5.21. The van der Waals surface area contributed by atoms with E-state index in [9.17, 15) is 4.79 Å². The van der Waals surface area contributed by atoms with Gasteiger partial charge >= 0.3 is 5.97 Å². The molecule has 0 spiro atoms.